The predicted molar refractivity (Wildman–Crippen MR) is 85.1 cm³/mol. The summed E-state index contributed by atoms with van der Waals surface area (Å²) in [4.78, 5) is 66.5. The number of aromatic nitrogens is 2. The molecule has 172 valence electrons. The van der Waals surface area contributed by atoms with E-state index in [1.54, 1.807) is 0 Å². The van der Waals surface area contributed by atoms with Gasteiger partial charge >= 0.3 is 94.4 Å². The summed E-state index contributed by atoms with van der Waals surface area (Å²) in [7, 11) is -16.6. The molecular weight excluding hydrogens is 550 g/mol. The Morgan fingerprint density at radius 1 is 1.06 bits per heavy atom. The molecule has 0 bridgehead atoms. The normalized spacial score (nSPS) is 27.6. The molecule has 1 aromatic rings. The van der Waals surface area contributed by atoms with E-state index in [2.05, 4.69) is 13.1 Å². The van der Waals surface area contributed by atoms with E-state index in [1.165, 1.54) is 7.05 Å². The average Bonchev–Trinajstić information content (AvgIpc) is 2.81. The first kappa shape index (κ1) is 37.1. The molecule has 1 aromatic heterocycles. The number of nitrogens with zero attached hydrogens (tertiary/aromatic N) is 1. The molecule has 0 aromatic carbocycles. The van der Waals surface area contributed by atoms with E-state index in [0.29, 0.717) is 0 Å². The summed E-state index contributed by atoms with van der Waals surface area (Å²) >= 11 is 0. The molecular formula is C10H14N2Na3O15P3. The third-order valence-electron chi connectivity index (χ3n) is 3.60. The molecule has 1 aliphatic heterocycles. The first-order chi connectivity index (χ1) is 13.5. The van der Waals surface area contributed by atoms with Crippen molar-refractivity contribution in [2.24, 2.45) is 7.05 Å². The van der Waals surface area contributed by atoms with Crippen LogP contribution < -0.4 is 115 Å². The molecule has 4 N–H and O–H groups in total. The van der Waals surface area contributed by atoms with Gasteiger partial charge in [0.05, 0.1) is 12.2 Å². The summed E-state index contributed by atoms with van der Waals surface area (Å²) in [6.45, 7) is -1.15. The van der Waals surface area contributed by atoms with Crippen LogP contribution in [-0.2, 0) is 38.6 Å². The number of aliphatic hydroxyl groups is 2. The van der Waals surface area contributed by atoms with Gasteiger partial charge in [0, 0.05) is 13.2 Å². The van der Waals surface area contributed by atoms with Crippen molar-refractivity contribution in [3.63, 3.8) is 0 Å². The van der Waals surface area contributed by atoms with E-state index in [9.17, 15) is 48.2 Å². The number of rotatable bonds is 8. The summed E-state index contributed by atoms with van der Waals surface area (Å²) < 4.78 is 49.8. The molecule has 2 heterocycles. The summed E-state index contributed by atoms with van der Waals surface area (Å²) in [6.07, 6.45) is -5.76. The van der Waals surface area contributed by atoms with Gasteiger partial charge in [0.15, 0.2) is 0 Å². The van der Waals surface area contributed by atoms with Gasteiger partial charge in [0.1, 0.15) is 24.4 Å². The third kappa shape index (κ3) is 11.1. The van der Waals surface area contributed by atoms with E-state index in [1.807, 2.05) is 4.98 Å². The molecule has 2 rings (SSSR count). The van der Waals surface area contributed by atoms with Crippen molar-refractivity contribution >= 4 is 23.5 Å². The van der Waals surface area contributed by atoms with Crippen LogP contribution in [0.25, 0.3) is 0 Å². The number of aliphatic hydroxyl groups excluding tert-OH is 2. The molecule has 17 nitrogen and oxygen atoms in total. The SMILES string of the molecule is Cn1cc([C@@H]2O[C@H](COP(=O)([O-])OP(=O)([O-])OP(=O)([O-])O)[C@@H](O)[C@H]2O)c(=O)[nH]c1=O.[Na+].[Na+].[Na+]. The van der Waals surface area contributed by atoms with Crippen molar-refractivity contribution in [1.82, 2.24) is 9.55 Å². The monoisotopic (exact) mass is 564 g/mol. The Labute approximate surface area is 251 Å². The molecule has 0 spiro atoms. The van der Waals surface area contributed by atoms with Crippen molar-refractivity contribution in [2.75, 3.05) is 6.61 Å². The van der Waals surface area contributed by atoms with Crippen LogP contribution in [0.1, 0.15) is 11.7 Å². The minimum Gasteiger partial charge on any atom is -0.756 e. The number of ether oxygens (including phenoxy) is 1. The van der Waals surface area contributed by atoms with Crippen LogP contribution in [0.5, 0.6) is 0 Å². The largest absolute Gasteiger partial charge is 1.00 e. The Kier molecular flexibility index (Phi) is 16.0. The fourth-order valence-corrected chi connectivity index (χ4v) is 5.28. The van der Waals surface area contributed by atoms with Gasteiger partial charge in [0.2, 0.25) is 0 Å². The number of hydrogen-bond donors (Lipinski definition) is 4. The first-order valence-corrected chi connectivity index (χ1v) is 12.0. The van der Waals surface area contributed by atoms with Gasteiger partial charge in [-0.1, -0.05) is 0 Å². The van der Waals surface area contributed by atoms with Crippen molar-refractivity contribution in [3.8, 4) is 0 Å². The molecule has 7 atom stereocenters. The fourth-order valence-electron chi connectivity index (χ4n) is 2.38. The number of aromatic amines is 1. The van der Waals surface area contributed by atoms with Gasteiger partial charge in [-0.05, 0) is 0 Å². The predicted octanol–water partition coefficient (Wildman–Crippen LogP) is -13.3. The Balaban J connectivity index is 0. The van der Waals surface area contributed by atoms with Gasteiger partial charge in [-0.2, -0.15) is 0 Å². The van der Waals surface area contributed by atoms with Crippen LogP contribution in [0, 0.1) is 0 Å². The molecule has 0 amide bonds. The average molecular weight is 564 g/mol. The summed E-state index contributed by atoms with van der Waals surface area (Å²) in [6, 6.07) is 0. The third-order valence-corrected chi connectivity index (χ3v) is 7.30. The van der Waals surface area contributed by atoms with Gasteiger partial charge in [0.25, 0.3) is 29.0 Å². The molecule has 33 heavy (non-hydrogen) atoms. The summed E-state index contributed by atoms with van der Waals surface area (Å²) in [5.74, 6) is 0. The molecule has 1 saturated heterocycles. The van der Waals surface area contributed by atoms with E-state index in [0.717, 1.165) is 10.8 Å². The van der Waals surface area contributed by atoms with Crippen molar-refractivity contribution < 1.29 is 150 Å². The standard InChI is InChI=1S/C10H17N2O15P3.3Na/c1-12-2-4(9(15)11-10(12)16)8-7(14)6(13)5(25-8)3-24-29(20,21)27-30(22,23)26-28(17,18)19;;;/h2,5-8,13-14H,3H2,1H3,(H,20,21)(H,22,23)(H,11,15,16)(H2,17,18,19);;;/q;3*+1/p-3/t5-,6-,7-,8+;;;/m1.../s1. The second-order valence-corrected chi connectivity index (χ2v) is 10.1. The molecule has 23 heteroatoms. The van der Waals surface area contributed by atoms with Crippen LogP contribution >= 0.6 is 23.5 Å². The van der Waals surface area contributed by atoms with Gasteiger partial charge in [-0.25, -0.2) is 13.4 Å². The van der Waals surface area contributed by atoms with Crippen LogP contribution in [0.4, 0.5) is 0 Å². The van der Waals surface area contributed by atoms with Crippen molar-refractivity contribution in [3.05, 3.63) is 32.6 Å². The van der Waals surface area contributed by atoms with Gasteiger partial charge in [-0.3, -0.25) is 23.5 Å². The number of nitrogens with one attached hydrogen (secondary N) is 1. The number of hydrogen-bond acceptors (Lipinski definition) is 14. The molecule has 1 aliphatic rings. The molecule has 1 fully saturated rings. The maximum absolute atomic E-state index is 11.9. The quantitative estimate of drug-likeness (QED) is 0.169. The van der Waals surface area contributed by atoms with E-state index < -0.39 is 65.7 Å². The molecule has 0 radical (unpaired) electrons. The number of phosphoric ester groups is 1. The first-order valence-electron chi connectivity index (χ1n) is 7.56. The van der Waals surface area contributed by atoms with E-state index in [-0.39, 0.29) is 94.2 Å². The van der Waals surface area contributed by atoms with Crippen molar-refractivity contribution in [2.45, 2.75) is 24.4 Å². The Hall–Kier alpha value is 1.97. The Morgan fingerprint density at radius 3 is 2.12 bits per heavy atom. The smallest absolute Gasteiger partial charge is 0.756 e. The minimum absolute atomic E-state index is 0. The molecule has 3 unspecified atom stereocenters. The number of H-pyrrole nitrogens is 1. The topological polar surface area (TPSA) is 273 Å². The van der Waals surface area contributed by atoms with Gasteiger partial charge in [-0.15, -0.1) is 0 Å². The molecule has 0 saturated carbocycles. The van der Waals surface area contributed by atoms with Gasteiger partial charge < -0.3 is 43.6 Å². The van der Waals surface area contributed by atoms with Crippen LogP contribution in [0.2, 0.25) is 0 Å². The summed E-state index contributed by atoms with van der Waals surface area (Å²) in [5.41, 5.74) is -2.03. The maximum Gasteiger partial charge on any atom is 1.00 e. The maximum atomic E-state index is 11.9. The zero-order chi connectivity index (χ0) is 23.1. The van der Waals surface area contributed by atoms with Crippen molar-refractivity contribution in [1.29, 1.82) is 0 Å². The summed E-state index contributed by atoms with van der Waals surface area (Å²) in [5, 5.41) is 20.0. The number of phosphoric acid groups is 3. The fraction of sp³-hybridized carbons (Fsp3) is 0.600. The minimum atomic E-state index is -6.11. The second-order valence-electron chi connectivity index (χ2n) is 5.85. The zero-order valence-corrected chi connectivity index (χ0v) is 26.3. The number of aryl methyl sites for hydroxylation is 1. The Morgan fingerprint density at radius 2 is 1.61 bits per heavy atom. The van der Waals surface area contributed by atoms with E-state index >= 15 is 0 Å². The van der Waals surface area contributed by atoms with Crippen LogP contribution in [0.15, 0.2) is 15.8 Å². The Bertz CT molecular complexity index is 1060. The zero-order valence-electron chi connectivity index (χ0n) is 17.6. The van der Waals surface area contributed by atoms with E-state index in [4.69, 9.17) is 9.63 Å². The second kappa shape index (κ2) is 14.2. The van der Waals surface area contributed by atoms with Crippen LogP contribution in [0.3, 0.4) is 0 Å². The van der Waals surface area contributed by atoms with Crippen LogP contribution in [-0.4, -0.2) is 49.6 Å². The molecule has 0 aliphatic carbocycles.